The summed E-state index contributed by atoms with van der Waals surface area (Å²) in [6, 6.07) is 15.6. The first-order chi connectivity index (χ1) is 8.77. The Hall–Kier alpha value is -2.62. The molecule has 0 amide bonds. The van der Waals surface area contributed by atoms with E-state index in [2.05, 4.69) is 10.5 Å². The van der Waals surface area contributed by atoms with Gasteiger partial charge in [0.05, 0.1) is 17.5 Å². The van der Waals surface area contributed by atoms with Crippen LogP contribution in [0.25, 0.3) is 0 Å². The van der Waals surface area contributed by atoms with Gasteiger partial charge in [-0.2, -0.15) is 5.10 Å². The van der Waals surface area contributed by atoms with Crippen molar-refractivity contribution in [1.82, 2.24) is 0 Å². The first-order valence-electron chi connectivity index (χ1n) is 5.44. The van der Waals surface area contributed by atoms with E-state index < -0.39 is 0 Å². The third-order valence-electron chi connectivity index (χ3n) is 2.32. The lowest BCUT2D eigenvalue weighted by Gasteiger charge is -2.00. The molecule has 0 aliphatic rings. The van der Waals surface area contributed by atoms with Crippen molar-refractivity contribution in [3.05, 3.63) is 60.2 Å². The highest BCUT2D eigenvalue weighted by Crippen LogP contribution is 2.15. The number of carbonyl (C=O) groups excluding carboxylic acids is 1. The van der Waals surface area contributed by atoms with E-state index in [1.165, 1.54) is 6.07 Å². The minimum absolute atomic E-state index is 0.0475. The Morgan fingerprint density at radius 1 is 1.06 bits per heavy atom. The number of nitrogens with zero attached hydrogens (tertiary/aromatic N) is 1. The highest BCUT2D eigenvalue weighted by Gasteiger charge is 2.06. The molecule has 0 aliphatic heterocycles. The molecule has 0 spiro atoms. The summed E-state index contributed by atoms with van der Waals surface area (Å²) in [5.74, 6) is -0.398. The van der Waals surface area contributed by atoms with Gasteiger partial charge >= 0.3 is 0 Å². The molecule has 90 valence electrons. The largest absolute Gasteiger partial charge is 0.507 e. The zero-order chi connectivity index (χ0) is 12.8. The molecule has 2 rings (SSSR count). The highest BCUT2D eigenvalue weighted by molar-refractivity contribution is 6.36. The number of carbonyl (C=O) groups is 1. The number of hydrazone groups is 1. The lowest BCUT2D eigenvalue weighted by molar-refractivity contribution is 0.106. The number of phenolic OH excluding ortho intramolecular Hbond substituents is 1. The summed E-state index contributed by atoms with van der Waals surface area (Å²) in [4.78, 5) is 11.7. The van der Waals surface area contributed by atoms with E-state index in [0.29, 0.717) is 0 Å². The Morgan fingerprint density at radius 3 is 2.44 bits per heavy atom. The minimum atomic E-state index is -0.350. The van der Waals surface area contributed by atoms with Crippen LogP contribution in [0.5, 0.6) is 5.75 Å². The molecule has 18 heavy (non-hydrogen) atoms. The summed E-state index contributed by atoms with van der Waals surface area (Å²) in [7, 11) is 0. The van der Waals surface area contributed by atoms with Crippen LogP contribution < -0.4 is 5.43 Å². The van der Waals surface area contributed by atoms with Crippen LogP contribution in [0.3, 0.4) is 0 Å². The number of phenols is 1. The lowest BCUT2D eigenvalue weighted by atomic mass is 10.1. The number of benzene rings is 2. The number of Topliss-reactive ketones (excluding diaryl/α,β-unsaturated/α-hetero) is 1. The molecule has 0 heterocycles. The summed E-state index contributed by atoms with van der Waals surface area (Å²) in [5.41, 5.74) is 3.75. The van der Waals surface area contributed by atoms with Gasteiger partial charge in [-0.15, -0.1) is 0 Å². The maximum absolute atomic E-state index is 11.7. The molecule has 0 fully saturated rings. The van der Waals surface area contributed by atoms with Gasteiger partial charge in [-0.3, -0.25) is 10.2 Å². The first-order valence-corrected chi connectivity index (χ1v) is 5.44. The number of hydrogen-bond donors (Lipinski definition) is 2. The predicted octanol–water partition coefficient (Wildman–Crippen LogP) is 2.67. The van der Waals surface area contributed by atoms with Crippen LogP contribution in [0.4, 0.5) is 5.69 Å². The van der Waals surface area contributed by atoms with Crippen LogP contribution in [-0.2, 0) is 0 Å². The van der Waals surface area contributed by atoms with Gasteiger partial charge in [0, 0.05) is 0 Å². The molecule has 2 aromatic carbocycles. The molecule has 0 atom stereocenters. The van der Waals surface area contributed by atoms with Crippen molar-refractivity contribution in [2.45, 2.75) is 0 Å². The van der Waals surface area contributed by atoms with Gasteiger partial charge in [0.2, 0.25) is 5.78 Å². The van der Waals surface area contributed by atoms with Gasteiger partial charge in [0.25, 0.3) is 0 Å². The fourth-order valence-corrected chi connectivity index (χ4v) is 1.43. The first kappa shape index (κ1) is 11.9. The molecule has 0 aromatic heterocycles. The van der Waals surface area contributed by atoms with Crippen LogP contribution in [-0.4, -0.2) is 17.1 Å². The fraction of sp³-hybridized carbons (Fsp3) is 0. The average Bonchev–Trinajstić information content (AvgIpc) is 2.40. The Bertz CT molecular complexity index is 565. The van der Waals surface area contributed by atoms with E-state index in [-0.39, 0.29) is 17.1 Å². The van der Waals surface area contributed by atoms with Crippen LogP contribution in [0.1, 0.15) is 10.4 Å². The van der Waals surface area contributed by atoms with Crippen molar-refractivity contribution >= 4 is 17.7 Å². The van der Waals surface area contributed by atoms with Crippen molar-refractivity contribution in [2.75, 3.05) is 5.43 Å². The number of hydrogen-bond acceptors (Lipinski definition) is 4. The summed E-state index contributed by atoms with van der Waals surface area (Å²) >= 11 is 0. The molecule has 0 radical (unpaired) electrons. The second-order valence-corrected chi connectivity index (χ2v) is 3.62. The molecule has 0 saturated carbocycles. The third kappa shape index (κ3) is 2.95. The molecule has 2 aromatic rings. The van der Waals surface area contributed by atoms with Crippen LogP contribution in [0.15, 0.2) is 59.7 Å². The average molecular weight is 240 g/mol. The van der Waals surface area contributed by atoms with Gasteiger partial charge in [-0.05, 0) is 24.3 Å². The molecule has 0 aliphatic carbocycles. The van der Waals surface area contributed by atoms with Crippen molar-refractivity contribution in [3.8, 4) is 5.75 Å². The monoisotopic (exact) mass is 240 g/mol. The quantitative estimate of drug-likeness (QED) is 0.490. The van der Waals surface area contributed by atoms with Crippen LogP contribution in [0.2, 0.25) is 0 Å². The Morgan fingerprint density at radius 2 is 1.72 bits per heavy atom. The molecule has 2 N–H and O–H groups in total. The van der Waals surface area contributed by atoms with Gasteiger partial charge in [-0.25, -0.2) is 0 Å². The second-order valence-electron chi connectivity index (χ2n) is 3.62. The van der Waals surface area contributed by atoms with E-state index >= 15 is 0 Å². The van der Waals surface area contributed by atoms with Crippen molar-refractivity contribution in [1.29, 1.82) is 0 Å². The molecule has 0 saturated heterocycles. The van der Waals surface area contributed by atoms with E-state index in [4.69, 9.17) is 0 Å². The van der Waals surface area contributed by atoms with Crippen molar-refractivity contribution in [3.63, 3.8) is 0 Å². The molecule has 4 nitrogen and oxygen atoms in total. The zero-order valence-corrected chi connectivity index (χ0v) is 9.58. The maximum Gasteiger partial charge on any atom is 0.209 e. The van der Waals surface area contributed by atoms with Crippen molar-refractivity contribution in [2.24, 2.45) is 5.10 Å². The van der Waals surface area contributed by atoms with Crippen LogP contribution >= 0.6 is 0 Å². The fourth-order valence-electron chi connectivity index (χ4n) is 1.43. The smallest absolute Gasteiger partial charge is 0.209 e. The predicted molar refractivity (Wildman–Crippen MR) is 71.0 cm³/mol. The second kappa shape index (κ2) is 5.63. The third-order valence-corrected chi connectivity index (χ3v) is 2.32. The number of ketones is 1. The summed E-state index contributed by atoms with van der Waals surface area (Å²) < 4.78 is 0. The van der Waals surface area contributed by atoms with Gasteiger partial charge in [0.1, 0.15) is 5.75 Å². The van der Waals surface area contributed by atoms with E-state index in [1.807, 2.05) is 30.3 Å². The SMILES string of the molecule is O=C(/C=N\Nc1ccccc1)c1ccccc1O. The van der Waals surface area contributed by atoms with Gasteiger partial charge < -0.3 is 5.11 Å². The number of para-hydroxylation sites is 2. The van der Waals surface area contributed by atoms with E-state index in [0.717, 1.165) is 11.9 Å². The number of rotatable bonds is 4. The number of anilines is 1. The van der Waals surface area contributed by atoms with E-state index in [1.54, 1.807) is 18.2 Å². The standard InChI is InChI=1S/C14H12N2O2/c17-13-9-5-4-8-12(13)14(18)10-15-16-11-6-2-1-3-7-11/h1-10,16-17H/b15-10-. The summed E-state index contributed by atoms with van der Waals surface area (Å²) in [5, 5.41) is 13.3. The molecule has 4 heteroatoms. The van der Waals surface area contributed by atoms with Crippen LogP contribution in [0, 0.1) is 0 Å². The minimum Gasteiger partial charge on any atom is -0.507 e. The molecular weight excluding hydrogens is 228 g/mol. The number of aromatic hydroxyl groups is 1. The lowest BCUT2D eigenvalue weighted by Crippen LogP contribution is -2.02. The highest BCUT2D eigenvalue weighted by atomic mass is 16.3. The zero-order valence-electron chi connectivity index (χ0n) is 9.58. The Balaban J connectivity index is 2.02. The Labute approximate surface area is 105 Å². The van der Waals surface area contributed by atoms with Gasteiger partial charge in [0.15, 0.2) is 0 Å². The normalized spacial score (nSPS) is 10.4. The Kier molecular flexibility index (Phi) is 3.71. The van der Waals surface area contributed by atoms with E-state index in [9.17, 15) is 9.90 Å². The number of nitrogens with one attached hydrogen (secondary N) is 1. The molecular formula is C14H12N2O2. The van der Waals surface area contributed by atoms with Crippen molar-refractivity contribution < 1.29 is 9.90 Å². The summed E-state index contributed by atoms with van der Waals surface area (Å²) in [6.07, 6.45) is 1.14. The molecule has 0 bridgehead atoms. The summed E-state index contributed by atoms with van der Waals surface area (Å²) in [6.45, 7) is 0. The van der Waals surface area contributed by atoms with Gasteiger partial charge in [-0.1, -0.05) is 30.3 Å². The maximum atomic E-state index is 11.7. The topological polar surface area (TPSA) is 61.7 Å². The molecule has 0 unspecified atom stereocenters.